The number of fused-ring (bicyclic) bond motifs is 2. The van der Waals surface area contributed by atoms with Crippen LogP contribution in [-0.4, -0.2) is 35.2 Å². The molecular formula is C26H22Cl2N6O3. The molecule has 1 heterocycles. The fourth-order valence-electron chi connectivity index (χ4n) is 4.10. The van der Waals surface area contributed by atoms with Crippen molar-refractivity contribution in [2.24, 2.45) is 10.2 Å². The van der Waals surface area contributed by atoms with Crippen LogP contribution < -0.4 is 10.6 Å². The Morgan fingerprint density at radius 1 is 1.05 bits per heavy atom. The fraction of sp³-hybridized carbons (Fsp3) is 0.231. The lowest BCUT2D eigenvalue weighted by Gasteiger charge is -2.21. The number of hydrogen-bond acceptors (Lipinski definition) is 8. The van der Waals surface area contributed by atoms with Crippen LogP contribution >= 0.6 is 23.2 Å². The number of pyridine rings is 1. The minimum absolute atomic E-state index is 0.0112. The van der Waals surface area contributed by atoms with Gasteiger partial charge in [0.25, 0.3) is 0 Å². The Kier molecular flexibility index (Phi) is 7.43. The predicted octanol–water partition coefficient (Wildman–Crippen LogP) is 7.40. The first-order valence-corrected chi connectivity index (χ1v) is 12.2. The Morgan fingerprint density at radius 2 is 1.78 bits per heavy atom. The lowest BCUT2D eigenvalue weighted by molar-refractivity contribution is 0.0977. The maximum absolute atomic E-state index is 13.4. The number of carbonyl (C=O) groups excluding carboxylic acids is 2. The highest BCUT2D eigenvalue weighted by molar-refractivity contribution is 6.43. The van der Waals surface area contributed by atoms with E-state index in [0.717, 1.165) is 12.8 Å². The number of phenolic OH excluding ortho intramolecular Hbond substituents is 1. The van der Waals surface area contributed by atoms with Gasteiger partial charge in [0.15, 0.2) is 17.4 Å². The summed E-state index contributed by atoms with van der Waals surface area (Å²) in [5.41, 5.74) is 0.713. The molecule has 9 nitrogen and oxygen atoms in total. The van der Waals surface area contributed by atoms with Crippen molar-refractivity contribution in [3.63, 3.8) is 0 Å². The van der Waals surface area contributed by atoms with Crippen LogP contribution in [0.5, 0.6) is 5.75 Å². The number of anilines is 2. The molecule has 4 rings (SSSR count). The molecule has 0 fully saturated rings. The molecule has 0 amide bonds. The second-order valence-electron chi connectivity index (χ2n) is 8.27. The van der Waals surface area contributed by atoms with Crippen molar-refractivity contribution in [3.8, 4) is 5.75 Å². The third-order valence-corrected chi connectivity index (χ3v) is 6.56. The molecule has 0 bridgehead atoms. The average Bonchev–Trinajstić information content (AvgIpc) is 2.87. The van der Waals surface area contributed by atoms with Gasteiger partial charge in [-0.1, -0.05) is 48.7 Å². The van der Waals surface area contributed by atoms with Gasteiger partial charge in [0.2, 0.25) is 5.69 Å². The zero-order chi connectivity index (χ0) is 26.9. The van der Waals surface area contributed by atoms with Crippen molar-refractivity contribution in [2.75, 3.05) is 24.2 Å². The third kappa shape index (κ3) is 4.50. The van der Waals surface area contributed by atoms with Gasteiger partial charge in [-0.2, -0.15) is 0 Å². The van der Waals surface area contributed by atoms with Crippen LogP contribution in [-0.2, 0) is 0 Å². The number of aromatic hydroxyl groups is 1. The summed E-state index contributed by atoms with van der Waals surface area (Å²) in [4.78, 5) is 34.8. The molecule has 37 heavy (non-hydrogen) atoms. The molecule has 1 aromatic heterocycles. The Balaban J connectivity index is 1.87. The van der Waals surface area contributed by atoms with Gasteiger partial charge in [0.1, 0.15) is 22.9 Å². The highest BCUT2D eigenvalue weighted by atomic mass is 35.5. The van der Waals surface area contributed by atoms with Gasteiger partial charge in [0.05, 0.1) is 33.3 Å². The average molecular weight is 537 g/mol. The molecule has 1 aliphatic carbocycles. The number of unbranched alkanes of at least 4 members (excludes halogenated alkanes) is 1. The van der Waals surface area contributed by atoms with Gasteiger partial charge < -0.3 is 15.7 Å². The number of phenols is 1. The van der Waals surface area contributed by atoms with Crippen LogP contribution in [0.4, 0.5) is 28.7 Å². The van der Waals surface area contributed by atoms with Crippen LogP contribution in [0.15, 0.2) is 34.5 Å². The standard InChI is InChI=1S/C26H22Cl2N6O3/c1-5-6-10-31-26-20(29-3)12(2)21(25(30-4)32-26)33-34-22-15(28)11-14(27)18-19(22)23(36)13-8-7-9-16(35)17(13)24(18)37/h7-9,11,35H,5-6,10H2,1-2,4H3,(H2,30,31,32). The van der Waals surface area contributed by atoms with Crippen LogP contribution in [0.3, 0.4) is 0 Å². The molecule has 3 N–H and O–H groups in total. The number of carbonyl (C=O) groups is 2. The molecule has 3 aromatic rings. The summed E-state index contributed by atoms with van der Waals surface area (Å²) < 4.78 is 0. The summed E-state index contributed by atoms with van der Waals surface area (Å²) in [6, 6.07) is 5.54. The molecule has 0 saturated heterocycles. The quantitative estimate of drug-likeness (QED) is 0.128. The van der Waals surface area contributed by atoms with Crippen LogP contribution in [0.2, 0.25) is 10.0 Å². The Bertz CT molecular complexity index is 1530. The first-order chi connectivity index (χ1) is 17.7. The fourth-order valence-corrected chi connectivity index (χ4v) is 4.69. The summed E-state index contributed by atoms with van der Waals surface area (Å²) in [5.74, 6) is -0.713. The molecule has 1 aliphatic rings. The second kappa shape index (κ2) is 10.5. The van der Waals surface area contributed by atoms with E-state index in [9.17, 15) is 14.7 Å². The highest BCUT2D eigenvalue weighted by Gasteiger charge is 2.37. The molecule has 0 radical (unpaired) electrons. The van der Waals surface area contributed by atoms with Crippen molar-refractivity contribution in [1.82, 2.24) is 4.98 Å². The van der Waals surface area contributed by atoms with Crippen molar-refractivity contribution in [2.45, 2.75) is 26.7 Å². The third-order valence-electron chi connectivity index (χ3n) is 5.98. The number of aromatic nitrogens is 1. The van der Waals surface area contributed by atoms with Crippen molar-refractivity contribution >= 4 is 63.5 Å². The summed E-state index contributed by atoms with van der Waals surface area (Å²) in [5, 5.41) is 24.9. The van der Waals surface area contributed by atoms with E-state index in [4.69, 9.17) is 29.8 Å². The van der Waals surface area contributed by atoms with Gasteiger partial charge in [-0.05, 0) is 31.0 Å². The molecular weight excluding hydrogens is 515 g/mol. The normalized spacial score (nSPS) is 12.3. The Hall–Kier alpha value is -4.00. The van der Waals surface area contributed by atoms with Crippen molar-refractivity contribution in [1.29, 1.82) is 0 Å². The van der Waals surface area contributed by atoms with Gasteiger partial charge >= 0.3 is 0 Å². The number of benzene rings is 2. The molecule has 0 spiro atoms. The minimum atomic E-state index is -0.618. The lowest BCUT2D eigenvalue weighted by Crippen LogP contribution is -2.21. The van der Waals surface area contributed by atoms with Crippen molar-refractivity contribution in [3.05, 3.63) is 73.5 Å². The number of hydrogen-bond donors (Lipinski definition) is 3. The van der Waals surface area contributed by atoms with E-state index in [2.05, 4.69) is 37.6 Å². The summed E-state index contributed by atoms with van der Waals surface area (Å²) in [6.07, 6.45) is 1.91. The maximum atomic E-state index is 13.4. The first kappa shape index (κ1) is 26.1. The summed E-state index contributed by atoms with van der Waals surface area (Å²) in [6.45, 7) is 12.1. The molecule has 0 aliphatic heterocycles. The van der Waals surface area contributed by atoms with E-state index < -0.39 is 11.6 Å². The molecule has 0 unspecified atom stereocenters. The van der Waals surface area contributed by atoms with E-state index in [-0.39, 0.29) is 49.4 Å². The van der Waals surface area contributed by atoms with E-state index in [1.54, 1.807) is 14.0 Å². The summed E-state index contributed by atoms with van der Waals surface area (Å²) >= 11 is 12.8. The topological polar surface area (TPSA) is 120 Å². The number of nitrogens with one attached hydrogen (secondary N) is 2. The van der Waals surface area contributed by atoms with Gasteiger partial charge in [-0.15, -0.1) is 10.2 Å². The van der Waals surface area contributed by atoms with Gasteiger partial charge in [-0.3, -0.25) is 9.59 Å². The van der Waals surface area contributed by atoms with Crippen LogP contribution in [0.1, 0.15) is 57.2 Å². The molecule has 0 saturated carbocycles. The van der Waals surface area contributed by atoms with Crippen LogP contribution in [0, 0.1) is 13.5 Å². The highest BCUT2D eigenvalue weighted by Crippen LogP contribution is 2.45. The number of nitrogens with zero attached hydrogens (tertiary/aromatic N) is 4. The molecule has 0 atom stereocenters. The molecule has 11 heteroatoms. The zero-order valence-electron chi connectivity index (χ0n) is 20.2. The van der Waals surface area contributed by atoms with E-state index >= 15 is 0 Å². The second-order valence-corrected chi connectivity index (χ2v) is 9.08. The van der Waals surface area contributed by atoms with E-state index in [1.165, 1.54) is 24.3 Å². The largest absolute Gasteiger partial charge is 0.507 e. The summed E-state index contributed by atoms with van der Waals surface area (Å²) in [7, 11) is 1.66. The SMILES string of the molecule is [C-]#[N+]c1c(NCCCC)nc(NC)c(N=Nc2c(Cl)cc(Cl)c3c2C(=O)c2cccc(O)c2C3=O)c1C. The zero-order valence-corrected chi connectivity index (χ0v) is 21.8. The number of azo groups is 1. The lowest BCUT2D eigenvalue weighted by atomic mass is 9.82. The predicted molar refractivity (Wildman–Crippen MR) is 144 cm³/mol. The Morgan fingerprint density at radius 3 is 2.46 bits per heavy atom. The van der Waals surface area contributed by atoms with E-state index in [1.807, 2.05) is 0 Å². The first-order valence-electron chi connectivity index (χ1n) is 11.4. The smallest absolute Gasteiger partial charge is 0.233 e. The maximum Gasteiger partial charge on any atom is 0.233 e. The molecule has 188 valence electrons. The van der Waals surface area contributed by atoms with E-state index in [0.29, 0.717) is 29.4 Å². The van der Waals surface area contributed by atoms with Crippen molar-refractivity contribution < 1.29 is 14.7 Å². The number of ketones is 2. The Labute approximate surface area is 223 Å². The van der Waals surface area contributed by atoms with Gasteiger partial charge in [0, 0.05) is 19.2 Å². The minimum Gasteiger partial charge on any atom is -0.507 e. The van der Waals surface area contributed by atoms with Crippen LogP contribution in [0.25, 0.3) is 4.85 Å². The number of rotatable bonds is 7. The monoisotopic (exact) mass is 536 g/mol. The van der Waals surface area contributed by atoms with Gasteiger partial charge in [-0.25, -0.2) is 9.83 Å². The number of halogens is 2. The molecule has 2 aromatic carbocycles.